The summed E-state index contributed by atoms with van der Waals surface area (Å²) in [4.78, 5) is 28.2. The molecule has 1 amide bonds. The molecule has 2 aromatic heterocycles. The number of aryl methyl sites for hydroxylation is 1. The van der Waals surface area contributed by atoms with Gasteiger partial charge in [0.2, 0.25) is 5.91 Å². The number of fused-ring (bicyclic) bond motifs is 2. The Kier molecular flexibility index (Phi) is 5.94. The van der Waals surface area contributed by atoms with Crippen molar-refractivity contribution in [1.82, 2.24) is 10.3 Å². The highest BCUT2D eigenvalue weighted by atomic mass is 35.5. The minimum atomic E-state index is -0.546. The molecule has 4 aromatic rings. The number of carbonyl (C=O) groups is 1. The zero-order valence-corrected chi connectivity index (χ0v) is 18.5. The molecule has 2 N–H and O–H groups in total. The summed E-state index contributed by atoms with van der Waals surface area (Å²) in [5.74, 6) is 0.160. The van der Waals surface area contributed by atoms with Crippen LogP contribution in [0.5, 0.6) is 5.75 Å². The van der Waals surface area contributed by atoms with Crippen molar-refractivity contribution in [2.45, 2.75) is 19.8 Å². The molecule has 31 heavy (non-hydrogen) atoms. The largest absolute Gasteiger partial charge is 0.495 e. The molecule has 0 saturated heterocycles. The molecule has 0 spiro atoms. The van der Waals surface area contributed by atoms with Crippen molar-refractivity contribution in [1.29, 1.82) is 0 Å². The van der Waals surface area contributed by atoms with Crippen molar-refractivity contribution in [2.24, 2.45) is 0 Å². The molecule has 2 heterocycles. The maximum atomic E-state index is 12.5. The predicted octanol–water partition coefficient (Wildman–Crippen LogP) is 4.80. The van der Waals surface area contributed by atoms with Crippen molar-refractivity contribution in [3.05, 3.63) is 73.7 Å². The first-order chi connectivity index (χ1) is 14.9. The number of methoxy groups -OCH3 is 1. The van der Waals surface area contributed by atoms with Crippen LogP contribution in [0.2, 0.25) is 10.0 Å². The van der Waals surface area contributed by atoms with Gasteiger partial charge in [-0.05, 0) is 48.7 Å². The lowest BCUT2D eigenvalue weighted by Gasteiger charge is -2.10. The van der Waals surface area contributed by atoms with Crippen LogP contribution in [0.1, 0.15) is 16.7 Å². The Morgan fingerprint density at radius 3 is 2.77 bits per heavy atom. The van der Waals surface area contributed by atoms with E-state index < -0.39 is 5.63 Å². The smallest absolute Gasteiger partial charge is 0.340 e. The molecule has 0 radical (unpaired) electrons. The summed E-state index contributed by atoms with van der Waals surface area (Å²) in [6.45, 7) is 2.21. The van der Waals surface area contributed by atoms with Gasteiger partial charge in [-0.2, -0.15) is 0 Å². The second-order valence-electron chi connectivity index (χ2n) is 7.26. The molecule has 4 rings (SSSR count). The Hall–Kier alpha value is -2.96. The zero-order valence-electron chi connectivity index (χ0n) is 17.0. The van der Waals surface area contributed by atoms with Crippen molar-refractivity contribution in [3.8, 4) is 5.75 Å². The van der Waals surface area contributed by atoms with Crippen LogP contribution >= 0.6 is 23.2 Å². The number of benzene rings is 2. The van der Waals surface area contributed by atoms with Gasteiger partial charge in [0, 0.05) is 40.1 Å². The van der Waals surface area contributed by atoms with E-state index in [2.05, 4.69) is 10.3 Å². The number of nitrogens with one attached hydrogen (secondary N) is 2. The Bertz CT molecular complexity index is 1360. The quantitative estimate of drug-likeness (QED) is 0.406. The second kappa shape index (κ2) is 8.65. The first kappa shape index (κ1) is 21.3. The SMILES string of the molecule is COc1cc2oc(=O)c(CC(=O)NCCc3c[nH]c4ccc(Cl)cc34)c(C)c2cc1Cl. The fourth-order valence-electron chi connectivity index (χ4n) is 3.67. The molecule has 8 heteroatoms. The average molecular weight is 459 g/mol. The Labute approximate surface area is 188 Å². The van der Waals surface area contributed by atoms with E-state index in [-0.39, 0.29) is 12.3 Å². The molecule has 0 bridgehead atoms. The van der Waals surface area contributed by atoms with Crippen LogP contribution in [0.4, 0.5) is 0 Å². The van der Waals surface area contributed by atoms with E-state index in [1.54, 1.807) is 19.1 Å². The van der Waals surface area contributed by atoms with Crippen LogP contribution in [-0.4, -0.2) is 24.5 Å². The number of rotatable bonds is 6. The van der Waals surface area contributed by atoms with Gasteiger partial charge in [-0.1, -0.05) is 23.2 Å². The molecule has 0 aliphatic carbocycles. The van der Waals surface area contributed by atoms with Crippen LogP contribution in [0, 0.1) is 6.92 Å². The van der Waals surface area contributed by atoms with Gasteiger partial charge in [-0.25, -0.2) is 4.79 Å². The van der Waals surface area contributed by atoms with Gasteiger partial charge < -0.3 is 19.5 Å². The molecule has 2 aromatic carbocycles. The Morgan fingerprint density at radius 1 is 1.19 bits per heavy atom. The van der Waals surface area contributed by atoms with E-state index >= 15 is 0 Å². The molecule has 0 saturated carbocycles. The summed E-state index contributed by atoms with van der Waals surface area (Å²) in [6, 6.07) is 8.89. The number of aromatic nitrogens is 1. The highest BCUT2D eigenvalue weighted by Crippen LogP contribution is 2.31. The van der Waals surface area contributed by atoms with Crippen molar-refractivity contribution >= 4 is 51.0 Å². The summed E-state index contributed by atoms with van der Waals surface area (Å²) in [7, 11) is 1.49. The summed E-state index contributed by atoms with van der Waals surface area (Å²) >= 11 is 12.3. The molecular weight excluding hydrogens is 439 g/mol. The van der Waals surface area contributed by atoms with Crippen LogP contribution in [-0.2, 0) is 17.6 Å². The molecular formula is C23H20Cl2N2O4. The van der Waals surface area contributed by atoms with Gasteiger partial charge >= 0.3 is 5.63 Å². The van der Waals surface area contributed by atoms with E-state index in [1.165, 1.54) is 7.11 Å². The van der Waals surface area contributed by atoms with E-state index in [4.69, 9.17) is 32.4 Å². The minimum absolute atomic E-state index is 0.0759. The molecule has 0 atom stereocenters. The predicted molar refractivity (Wildman–Crippen MR) is 123 cm³/mol. The van der Waals surface area contributed by atoms with Crippen molar-refractivity contribution in [2.75, 3.05) is 13.7 Å². The molecule has 0 aliphatic heterocycles. The fourth-order valence-corrected chi connectivity index (χ4v) is 4.08. The first-order valence-corrected chi connectivity index (χ1v) is 10.4. The summed E-state index contributed by atoms with van der Waals surface area (Å²) < 4.78 is 10.6. The van der Waals surface area contributed by atoms with Gasteiger partial charge in [0.1, 0.15) is 11.3 Å². The van der Waals surface area contributed by atoms with E-state index in [1.807, 2.05) is 24.4 Å². The summed E-state index contributed by atoms with van der Waals surface area (Å²) in [6.07, 6.45) is 2.47. The number of carbonyl (C=O) groups excluding carboxylic acids is 1. The standard InChI is InChI=1S/C23H20Cl2N2O4/c1-12-15-8-18(25)21(30-2)10-20(15)31-23(29)16(12)9-22(28)26-6-5-13-11-27-19-4-3-14(24)7-17(13)19/h3-4,7-8,10-11,27H,5-6,9H2,1-2H3,(H,26,28). The minimum Gasteiger partial charge on any atom is -0.495 e. The van der Waals surface area contributed by atoms with Gasteiger partial charge in [0.25, 0.3) is 0 Å². The summed E-state index contributed by atoms with van der Waals surface area (Å²) in [5.41, 5.74) is 2.84. The Morgan fingerprint density at radius 2 is 2.00 bits per heavy atom. The number of amides is 1. The topological polar surface area (TPSA) is 84.3 Å². The second-order valence-corrected chi connectivity index (χ2v) is 8.10. The maximum Gasteiger partial charge on any atom is 0.340 e. The molecule has 6 nitrogen and oxygen atoms in total. The zero-order chi connectivity index (χ0) is 22.1. The third-order valence-corrected chi connectivity index (χ3v) is 5.87. The average Bonchev–Trinajstić information content (AvgIpc) is 3.13. The lowest BCUT2D eigenvalue weighted by Crippen LogP contribution is -2.29. The number of ether oxygens (including phenoxy) is 1. The third-order valence-electron chi connectivity index (χ3n) is 5.34. The molecule has 0 aliphatic rings. The highest BCUT2D eigenvalue weighted by molar-refractivity contribution is 6.33. The number of halogens is 2. The fraction of sp³-hybridized carbons (Fsp3) is 0.217. The highest BCUT2D eigenvalue weighted by Gasteiger charge is 2.17. The van der Waals surface area contributed by atoms with Gasteiger partial charge in [-0.15, -0.1) is 0 Å². The van der Waals surface area contributed by atoms with Crippen LogP contribution in [0.3, 0.4) is 0 Å². The third kappa shape index (κ3) is 4.27. The molecule has 160 valence electrons. The Balaban J connectivity index is 1.48. The maximum absolute atomic E-state index is 12.5. The normalized spacial score (nSPS) is 11.2. The van der Waals surface area contributed by atoms with E-state index in [0.717, 1.165) is 16.5 Å². The van der Waals surface area contributed by atoms with Crippen LogP contribution in [0.15, 0.2) is 45.7 Å². The number of aromatic amines is 1. The first-order valence-electron chi connectivity index (χ1n) is 9.69. The van der Waals surface area contributed by atoms with Gasteiger partial charge in [0.15, 0.2) is 0 Å². The van der Waals surface area contributed by atoms with E-state index in [0.29, 0.717) is 50.9 Å². The van der Waals surface area contributed by atoms with Crippen molar-refractivity contribution in [3.63, 3.8) is 0 Å². The molecule has 0 unspecified atom stereocenters. The van der Waals surface area contributed by atoms with Gasteiger partial charge in [-0.3, -0.25) is 4.79 Å². The lowest BCUT2D eigenvalue weighted by molar-refractivity contribution is -0.120. The number of H-pyrrole nitrogens is 1. The van der Waals surface area contributed by atoms with Crippen molar-refractivity contribution < 1.29 is 13.9 Å². The lowest BCUT2D eigenvalue weighted by atomic mass is 10.0. The monoisotopic (exact) mass is 458 g/mol. The van der Waals surface area contributed by atoms with Gasteiger partial charge in [0.05, 0.1) is 24.1 Å². The summed E-state index contributed by atoms with van der Waals surface area (Å²) in [5, 5.41) is 5.63. The molecule has 0 fully saturated rings. The number of hydrogen-bond acceptors (Lipinski definition) is 4. The van der Waals surface area contributed by atoms with E-state index in [9.17, 15) is 9.59 Å². The van der Waals surface area contributed by atoms with Crippen LogP contribution in [0.25, 0.3) is 21.9 Å². The number of hydrogen-bond donors (Lipinski definition) is 2. The van der Waals surface area contributed by atoms with Crippen LogP contribution < -0.4 is 15.7 Å².